The Kier molecular flexibility index (Phi) is 5.31. The lowest BCUT2D eigenvalue weighted by Crippen LogP contribution is -2.46. The van der Waals surface area contributed by atoms with Gasteiger partial charge in [0, 0.05) is 25.6 Å². The normalized spacial score (nSPS) is 23.4. The zero-order chi connectivity index (χ0) is 12.0. The summed E-state index contributed by atoms with van der Waals surface area (Å²) < 4.78 is 0. The summed E-state index contributed by atoms with van der Waals surface area (Å²) >= 11 is 0. The Labute approximate surface area is 101 Å². The topological polar surface area (TPSA) is 15.3 Å². The standard InChI is InChI=1S/C14H26N2/c1-5-6-7-10-16-11-8-9-15-13(12-16)14(2,3)4/h13,15H,7-12H2,1-4H3. The Hall–Kier alpha value is -0.520. The van der Waals surface area contributed by atoms with Gasteiger partial charge in [0.2, 0.25) is 0 Å². The van der Waals surface area contributed by atoms with Crippen LogP contribution in [0.25, 0.3) is 0 Å². The van der Waals surface area contributed by atoms with Crippen LogP contribution in [-0.4, -0.2) is 37.1 Å². The summed E-state index contributed by atoms with van der Waals surface area (Å²) in [5.41, 5.74) is 0.346. The van der Waals surface area contributed by atoms with Gasteiger partial charge in [0.1, 0.15) is 0 Å². The molecular weight excluding hydrogens is 196 g/mol. The molecule has 1 saturated heterocycles. The summed E-state index contributed by atoms with van der Waals surface area (Å²) in [4.78, 5) is 2.56. The molecule has 0 radical (unpaired) electrons. The Morgan fingerprint density at radius 2 is 2.12 bits per heavy atom. The number of rotatable bonds is 2. The third-order valence-electron chi connectivity index (χ3n) is 3.26. The molecule has 0 amide bonds. The van der Waals surface area contributed by atoms with Gasteiger partial charge in [-0.25, -0.2) is 0 Å². The van der Waals surface area contributed by atoms with Crippen LogP contribution >= 0.6 is 0 Å². The summed E-state index contributed by atoms with van der Waals surface area (Å²) in [5, 5.41) is 3.66. The molecule has 16 heavy (non-hydrogen) atoms. The monoisotopic (exact) mass is 222 g/mol. The summed E-state index contributed by atoms with van der Waals surface area (Å²) in [5.74, 6) is 6.13. The van der Waals surface area contributed by atoms with Crippen LogP contribution in [0.15, 0.2) is 0 Å². The Morgan fingerprint density at radius 1 is 1.38 bits per heavy atom. The van der Waals surface area contributed by atoms with Crippen molar-refractivity contribution in [2.75, 3.05) is 26.2 Å². The lowest BCUT2D eigenvalue weighted by molar-refractivity contribution is 0.200. The van der Waals surface area contributed by atoms with E-state index in [4.69, 9.17) is 0 Å². The highest BCUT2D eigenvalue weighted by atomic mass is 15.2. The first-order chi connectivity index (χ1) is 7.54. The second-order valence-corrected chi connectivity index (χ2v) is 5.70. The maximum Gasteiger partial charge on any atom is 0.0243 e. The van der Waals surface area contributed by atoms with Gasteiger partial charge in [0.25, 0.3) is 0 Å². The molecule has 0 aliphatic carbocycles. The van der Waals surface area contributed by atoms with E-state index in [1.165, 1.54) is 13.0 Å². The highest BCUT2D eigenvalue weighted by Crippen LogP contribution is 2.21. The van der Waals surface area contributed by atoms with E-state index in [0.29, 0.717) is 11.5 Å². The van der Waals surface area contributed by atoms with Gasteiger partial charge in [-0.1, -0.05) is 20.8 Å². The minimum atomic E-state index is 0.346. The van der Waals surface area contributed by atoms with Gasteiger partial charge in [-0.2, -0.15) is 0 Å². The smallest absolute Gasteiger partial charge is 0.0243 e. The molecule has 0 spiro atoms. The molecule has 0 aromatic rings. The van der Waals surface area contributed by atoms with Crippen molar-refractivity contribution in [3.05, 3.63) is 0 Å². The first-order valence-electron chi connectivity index (χ1n) is 6.39. The summed E-state index contributed by atoms with van der Waals surface area (Å²) in [6.07, 6.45) is 2.26. The maximum atomic E-state index is 3.66. The molecule has 1 N–H and O–H groups in total. The first kappa shape index (κ1) is 13.5. The Balaban J connectivity index is 2.47. The molecule has 1 atom stereocenters. The minimum Gasteiger partial charge on any atom is -0.312 e. The maximum absolute atomic E-state index is 3.66. The van der Waals surface area contributed by atoms with E-state index in [1.807, 2.05) is 6.92 Å². The molecule has 2 heteroatoms. The van der Waals surface area contributed by atoms with Crippen molar-refractivity contribution in [1.29, 1.82) is 0 Å². The number of hydrogen-bond donors (Lipinski definition) is 1. The average molecular weight is 222 g/mol. The van der Waals surface area contributed by atoms with Crippen LogP contribution < -0.4 is 5.32 Å². The van der Waals surface area contributed by atoms with Gasteiger partial charge in [-0.3, -0.25) is 0 Å². The molecule has 1 unspecified atom stereocenters. The van der Waals surface area contributed by atoms with E-state index in [0.717, 1.165) is 26.1 Å². The van der Waals surface area contributed by atoms with Gasteiger partial charge >= 0.3 is 0 Å². The van der Waals surface area contributed by atoms with Crippen molar-refractivity contribution in [2.24, 2.45) is 5.41 Å². The predicted octanol–water partition coefficient (Wildman–Crippen LogP) is 2.11. The van der Waals surface area contributed by atoms with Crippen molar-refractivity contribution >= 4 is 0 Å². The van der Waals surface area contributed by atoms with Gasteiger partial charge < -0.3 is 10.2 Å². The van der Waals surface area contributed by atoms with Crippen LogP contribution in [0, 0.1) is 17.3 Å². The zero-order valence-electron chi connectivity index (χ0n) is 11.3. The summed E-state index contributed by atoms with van der Waals surface area (Å²) in [6.45, 7) is 13.5. The quantitative estimate of drug-likeness (QED) is 0.720. The van der Waals surface area contributed by atoms with E-state index in [-0.39, 0.29) is 0 Å². The van der Waals surface area contributed by atoms with Crippen molar-refractivity contribution in [1.82, 2.24) is 10.2 Å². The molecule has 1 aliphatic rings. The van der Waals surface area contributed by atoms with E-state index in [1.54, 1.807) is 0 Å². The molecule has 1 fully saturated rings. The summed E-state index contributed by atoms with van der Waals surface area (Å²) in [7, 11) is 0. The van der Waals surface area contributed by atoms with E-state index in [9.17, 15) is 0 Å². The van der Waals surface area contributed by atoms with Crippen LogP contribution in [-0.2, 0) is 0 Å². The highest BCUT2D eigenvalue weighted by Gasteiger charge is 2.27. The molecule has 0 saturated carbocycles. The molecular formula is C14H26N2. The third kappa shape index (κ3) is 4.55. The highest BCUT2D eigenvalue weighted by molar-refractivity contribution is 4.96. The molecule has 0 bridgehead atoms. The number of hydrogen-bond acceptors (Lipinski definition) is 2. The van der Waals surface area contributed by atoms with E-state index >= 15 is 0 Å². The van der Waals surface area contributed by atoms with Gasteiger partial charge in [-0.15, -0.1) is 11.8 Å². The van der Waals surface area contributed by atoms with Crippen LogP contribution in [0.4, 0.5) is 0 Å². The van der Waals surface area contributed by atoms with E-state index < -0.39 is 0 Å². The van der Waals surface area contributed by atoms with E-state index in [2.05, 4.69) is 42.8 Å². The molecule has 2 nitrogen and oxygen atoms in total. The zero-order valence-corrected chi connectivity index (χ0v) is 11.3. The number of nitrogens with one attached hydrogen (secondary N) is 1. The minimum absolute atomic E-state index is 0.346. The fourth-order valence-corrected chi connectivity index (χ4v) is 2.12. The second-order valence-electron chi connectivity index (χ2n) is 5.70. The summed E-state index contributed by atoms with van der Waals surface area (Å²) in [6, 6.07) is 0.601. The van der Waals surface area contributed by atoms with Crippen molar-refractivity contribution in [3.8, 4) is 11.8 Å². The van der Waals surface area contributed by atoms with Crippen molar-refractivity contribution in [3.63, 3.8) is 0 Å². The lowest BCUT2D eigenvalue weighted by Gasteiger charge is -2.33. The molecule has 1 heterocycles. The SMILES string of the molecule is CC#CCCN1CCCNC(C(C)(C)C)C1. The molecule has 0 aromatic heterocycles. The third-order valence-corrected chi connectivity index (χ3v) is 3.26. The average Bonchev–Trinajstić information content (AvgIpc) is 2.43. The van der Waals surface area contributed by atoms with Crippen molar-refractivity contribution < 1.29 is 0 Å². The van der Waals surface area contributed by atoms with Crippen molar-refractivity contribution in [2.45, 2.75) is 46.6 Å². The Bertz CT molecular complexity index is 254. The molecule has 0 aromatic carbocycles. The largest absolute Gasteiger partial charge is 0.312 e. The van der Waals surface area contributed by atoms with Crippen LogP contribution in [0.2, 0.25) is 0 Å². The molecule has 92 valence electrons. The van der Waals surface area contributed by atoms with Crippen LogP contribution in [0.5, 0.6) is 0 Å². The molecule has 1 aliphatic heterocycles. The predicted molar refractivity (Wildman–Crippen MR) is 70.4 cm³/mol. The van der Waals surface area contributed by atoms with Gasteiger partial charge in [-0.05, 0) is 31.8 Å². The fourth-order valence-electron chi connectivity index (χ4n) is 2.12. The first-order valence-corrected chi connectivity index (χ1v) is 6.39. The van der Waals surface area contributed by atoms with Gasteiger partial charge in [0.05, 0.1) is 0 Å². The van der Waals surface area contributed by atoms with Crippen LogP contribution in [0.1, 0.15) is 40.5 Å². The Morgan fingerprint density at radius 3 is 2.75 bits per heavy atom. The number of nitrogens with zero attached hydrogens (tertiary/aromatic N) is 1. The van der Waals surface area contributed by atoms with Gasteiger partial charge in [0.15, 0.2) is 0 Å². The van der Waals surface area contributed by atoms with Crippen LogP contribution in [0.3, 0.4) is 0 Å². The molecule has 1 rings (SSSR count). The second kappa shape index (κ2) is 6.27. The lowest BCUT2D eigenvalue weighted by atomic mass is 9.86. The fraction of sp³-hybridized carbons (Fsp3) is 0.857.